The Labute approximate surface area is 107 Å². The number of benzene rings is 1. The van der Waals surface area contributed by atoms with Crippen LogP contribution in [0.5, 0.6) is 11.5 Å². The van der Waals surface area contributed by atoms with Crippen molar-refractivity contribution in [3.63, 3.8) is 0 Å². The summed E-state index contributed by atoms with van der Waals surface area (Å²) < 4.78 is 22.3. The van der Waals surface area contributed by atoms with E-state index >= 15 is 0 Å². The van der Waals surface area contributed by atoms with Crippen molar-refractivity contribution in [2.75, 3.05) is 12.0 Å². The maximum absolute atomic E-state index is 11.2. The average molecular weight is 273 g/mol. The Balaban J connectivity index is 2.80. The van der Waals surface area contributed by atoms with Crippen LogP contribution in [0.4, 0.5) is 0 Å². The zero-order chi connectivity index (χ0) is 13.9. The van der Waals surface area contributed by atoms with Gasteiger partial charge in [0.25, 0.3) is 0 Å². The number of phenolic OH excluding ortho intramolecular Hbond substituents is 2. The highest BCUT2D eigenvalue weighted by atomic mass is 32.2. The van der Waals surface area contributed by atoms with Crippen LogP contribution in [0.1, 0.15) is 25.5 Å². The highest BCUT2D eigenvalue weighted by molar-refractivity contribution is 7.90. The molecule has 1 aromatic rings. The van der Waals surface area contributed by atoms with Crippen LogP contribution in [0, 0.1) is 0 Å². The van der Waals surface area contributed by atoms with E-state index in [-0.39, 0.29) is 29.3 Å². The minimum absolute atomic E-state index is 0.00565. The summed E-state index contributed by atoms with van der Waals surface area (Å²) in [5, 5.41) is 22.4. The van der Waals surface area contributed by atoms with Crippen LogP contribution < -0.4 is 5.32 Å². The first-order valence-electron chi connectivity index (χ1n) is 5.65. The second kappa shape index (κ2) is 5.58. The molecule has 0 radical (unpaired) electrons. The van der Waals surface area contributed by atoms with Crippen molar-refractivity contribution < 1.29 is 18.6 Å². The van der Waals surface area contributed by atoms with Crippen molar-refractivity contribution in [3.8, 4) is 11.5 Å². The molecule has 102 valence electrons. The Kier molecular flexibility index (Phi) is 4.59. The first-order valence-corrected chi connectivity index (χ1v) is 7.71. The van der Waals surface area contributed by atoms with Crippen LogP contribution in [-0.2, 0) is 9.84 Å². The van der Waals surface area contributed by atoms with Gasteiger partial charge in [-0.3, -0.25) is 0 Å². The average Bonchev–Trinajstić information content (AvgIpc) is 2.13. The van der Waals surface area contributed by atoms with Gasteiger partial charge in [0.05, 0.1) is 11.3 Å². The van der Waals surface area contributed by atoms with E-state index in [2.05, 4.69) is 5.32 Å². The quantitative estimate of drug-likeness (QED) is 0.750. The molecule has 0 fully saturated rings. The first kappa shape index (κ1) is 14.8. The van der Waals surface area contributed by atoms with E-state index in [1.54, 1.807) is 19.9 Å². The summed E-state index contributed by atoms with van der Waals surface area (Å²) >= 11 is 0. The van der Waals surface area contributed by atoms with Crippen LogP contribution in [0.15, 0.2) is 18.2 Å². The topological polar surface area (TPSA) is 86.6 Å². The van der Waals surface area contributed by atoms with Crippen molar-refractivity contribution in [1.29, 1.82) is 0 Å². The summed E-state index contributed by atoms with van der Waals surface area (Å²) in [6.45, 7) is 3.50. The molecule has 0 aliphatic rings. The molecule has 5 nitrogen and oxygen atoms in total. The van der Waals surface area contributed by atoms with Crippen LogP contribution in [0.3, 0.4) is 0 Å². The van der Waals surface area contributed by atoms with Crippen LogP contribution in [0.2, 0.25) is 0 Å². The van der Waals surface area contributed by atoms with Gasteiger partial charge in [0.1, 0.15) is 21.3 Å². The summed E-state index contributed by atoms with van der Waals surface area (Å²) in [7, 11) is -3.06. The molecular weight excluding hydrogens is 254 g/mol. The minimum Gasteiger partial charge on any atom is -0.507 e. The molecule has 6 heteroatoms. The molecule has 0 saturated heterocycles. The Morgan fingerprint density at radius 3 is 2.17 bits per heavy atom. The molecule has 3 N–H and O–H groups in total. The van der Waals surface area contributed by atoms with Crippen molar-refractivity contribution in [2.24, 2.45) is 0 Å². The highest BCUT2D eigenvalue weighted by Gasteiger charge is 2.18. The number of sulfone groups is 1. The fraction of sp³-hybridized carbons (Fsp3) is 0.500. The number of phenols is 2. The van der Waals surface area contributed by atoms with Gasteiger partial charge < -0.3 is 15.5 Å². The van der Waals surface area contributed by atoms with Crippen LogP contribution in [0.25, 0.3) is 0 Å². The summed E-state index contributed by atoms with van der Waals surface area (Å²) in [4.78, 5) is 0. The van der Waals surface area contributed by atoms with Crippen molar-refractivity contribution in [2.45, 2.75) is 25.9 Å². The van der Waals surface area contributed by atoms with E-state index in [1.165, 1.54) is 18.4 Å². The lowest BCUT2D eigenvalue weighted by atomic mass is 10.1. The van der Waals surface area contributed by atoms with Gasteiger partial charge in [-0.05, 0) is 26.0 Å². The van der Waals surface area contributed by atoms with Gasteiger partial charge in [0.15, 0.2) is 0 Å². The number of hydrogen-bond acceptors (Lipinski definition) is 5. The minimum atomic E-state index is -3.06. The monoisotopic (exact) mass is 273 g/mol. The van der Waals surface area contributed by atoms with Crippen LogP contribution in [-0.4, -0.2) is 36.7 Å². The fourth-order valence-corrected chi connectivity index (χ4v) is 3.00. The fourth-order valence-electron chi connectivity index (χ4n) is 2.00. The largest absolute Gasteiger partial charge is 0.507 e. The second-order valence-corrected chi connectivity index (χ2v) is 6.78. The molecule has 1 aromatic carbocycles. The van der Waals surface area contributed by atoms with E-state index in [9.17, 15) is 18.6 Å². The standard InChI is InChI=1S/C12H19NO4S/c1-8(7-18(3,16)17)13-9(2)12-10(14)5-4-6-11(12)15/h4-6,8-9,13-15H,7H2,1-3H3. The highest BCUT2D eigenvalue weighted by Crippen LogP contribution is 2.32. The third-order valence-electron chi connectivity index (χ3n) is 2.58. The number of aromatic hydroxyl groups is 2. The molecule has 0 heterocycles. The Hall–Kier alpha value is -1.27. The predicted octanol–water partition coefficient (Wildman–Crippen LogP) is 1.18. The number of rotatable bonds is 5. The van der Waals surface area contributed by atoms with Gasteiger partial charge in [0.2, 0.25) is 0 Å². The van der Waals surface area contributed by atoms with E-state index in [1.807, 2.05) is 0 Å². The molecule has 0 saturated carbocycles. The lowest BCUT2D eigenvalue weighted by Gasteiger charge is -2.21. The number of nitrogens with one attached hydrogen (secondary N) is 1. The second-order valence-electron chi connectivity index (χ2n) is 4.59. The number of hydrogen-bond donors (Lipinski definition) is 3. The summed E-state index contributed by atoms with van der Waals surface area (Å²) in [5.74, 6) is -0.0192. The predicted molar refractivity (Wildman–Crippen MR) is 70.5 cm³/mol. The van der Waals surface area contributed by atoms with E-state index in [0.29, 0.717) is 5.56 Å². The van der Waals surface area contributed by atoms with E-state index < -0.39 is 9.84 Å². The zero-order valence-corrected chi connectivity index (χ0v) is 11.5. The van der Waals surface area contributed by atoms with Crippen molar-refractivity contribution >= 4 is 9.84 Å². The van der Waals surface area contributed by atoms with E-state index in [4.69, 9.17) is 0 Å². The molecule has 0 aliphatic heterocycles. The van der Waals surface area contributed by atoms with Crippen molar-refractivity contribution in [3.05, 3.63) is 23.8 Å². The van der Waals surface area contributed by atoms with Gasteiger partial charge in [-0.1, -0.05) is 6.07 Å². The molecule has 18 heavy (non-hydrogen) atoms. The van der Waals surface area contributed by atoms with Crippen molar-refractivity contribution in [1.82, 2.24) is 5.32 Å². The molecule has 0 bridgehead atoms. The van der Waals surface area contributed by atoms with Gasteiger partial charge in [-0.2, -0.15) is 0 Å². The molecule has 2 unspecified atom stereocenters. The Morgan fingerprint density at radius 2 is 1.72 bits per heavy atom. The normalized spacial score (nSPS) is 15.3. The van der Waals surface area contributed by atoms with Gasteiger partial charge in [-0.25, -0.2) is 8.42 Å². The maximum atomic E-state index is 11.2. The molecule has 0 aliphatic carbocycles. The summed E-state index contributed by atoms with van der Waals surface area (Å²) in [5.41, 5.74) is 0.373. The maximum Gasteiger partial charge on any atom is 0.148 e. The molecule has 0 spiro atoms. The third kappa shape index (κ3) is 4.19. The summed E-state index contributed by atoms with van der Waals surface area (Å²) in [6.07, 6.45) is 1.17. The molecule has 0 aromatic heterocycles. The smallest absolute Gasteiger partial charge is 0.148 e. The molecule has 0 amide bonds. The molecule has 2 atom stereocenters. The van der Waals surface area contributed by atoms with E-state index in [0.717, 1.165) is 0 Å². The molecule has 1 rings (SSSR count). The van der Waals surface area contributed by atoms with Crippen LogP contribution >= 0.6 is 0 Å². The van der Waals surface area contributed by atoms with Gasteiger partial charge >= 0.3 is 0 Å². The third-order valence-corrected chi connectivity index (χ3v) is 3.69. The zero-order valence-electron chi connectivity index (χ0n) is 10.7. The Morgan fingerprint density at radius 1 is 1.22 bits per heavy atom. The Bertz CT molecular complexity index is 493. The first-order chi connectivity index (χ1) is 8.20. The lowest BCUT2D eigenvalue weighted by molar-refractivity contribution is 0.410. The molecular formula is C12H19NO4S. The summed E-state index contributed by atoms with van der Waals surface area (Å²) in [6, 6.07) is 3.89. The van der Waals surface area contributed by atoms with Gasteiger partial charge in [-0.15, -0.1) is 0 Å². The van der Waals surface area contributed by atoms with Gasteiger partial charge in [0, 0.05) is 18.3 Å². The SMILES string of the molecule is CC(CS(C)(=O)=O)NC(C)c1c(O)cccc1O. The lowest BCUT2D eigenvalue weighted by Crippen LogP contribution is -2.34.